The van der Waals surface area contributed by atoms with Gasteiger partial charge < -0.3 is 24.4 Å². The highest BCUT2D eigenvalue weighted by Gasteiger charge is 2.50. The standard InChI is InChI=1S/C18H25N3O4.CH2O2/c1-20(2)12-13-10-18(17(23)25-13)5-8-21(9-6-18)16(22)14-4-7-19-11-15(14)24-3;2-1-3/h4,7,11,13H,5-6,8-10,12H2,1-3H3;1H,(H,2,3). The quantitative estimate of drug-likeness (QED) is 0.593. The van der Waals surface area contributed by atoms with Crippen LogP contribution in [0.4, 0.5) is 0 Å². The van der Waals surface area contributed by atoms with Gasteiger partial charge in [-0.05, 0) is 33.0 Å². The molecule has 1 amide bonds. The Morgan fingerprint density at radius 3 is 2.68 bits per heavy atom. The summed E-state index contributed by atoms with van der Waals surface area (Å²) in [6, 6.07) is 1.67. The molecule has 1 aromatic heterocycles. The molecule has 9 heteroatoms. The molecule has 28 heavy (non-hydrogen) atoms. The molecule has 0 aromatic carbocycles. The van der Waals surface area contributed by atoms with Crippen LogP contribution in [0.1, 0.15) is 29.6 Å². The van der Waals surface area contributed by atoms with Crippen molar-refractivity contribution >= 4 is 18.3 Å². The highest BCUT2D eigenvalue weighted by Crippen LogP contribution is 2.43. The van der Waals surface area contributed by atoms with Crippen LogP contribution >= 0.6 is 0 Å². The number of methoxy groups -OCH3 is 1. The van der Waals surface area contributed by atoms with Crippen molar-refractivity contribution in [1.82, 2.24) is 14.8 Å². The molecule has 0 saturated carbocycles. The van der Waals surface area contributed by atoms with Crippen LogP contribution in [0.2, 0.25) is 0 Å². The van der Waals surface area contributed by atoms with Crippen molar-refractivity contribution in [2.24, 2.45) is 5.41 Å². The molecule has 2 saturated heterocycles. The van der Waals surface area contributed by atoms with Crippen LogP contribution in [0, 0.1) is 5.41 Å². The van der Waals surface area contributed by atoms with E-state index in [1.165, 1.54) is 7.11 Å². The molecular formula is C19H27N3O6. The fourth-order valence-corrected chi connectivity index (χ4v) is 3.78. The van der Waals surface area contributed by atoms with Crippen molar-refractivity contribution in [3.05, 3.63) is 24.0 Å². The van der Waals surface area contributed by atoms with Gasteiger partial charge in [-0.25, -0.2) is 0 Å². The second kappa shape index (κ2) is 9.50. The molecule has 2 fully saturated rings. The molecule has 1 N–H and O–H groups in total. The molecule has 2 aliphatic heterocycles. The Kier molecular flexibility index (Phi) is 7.33. The summed E-state index contributed by atoms with van der Waals surface area (Å²) >= 11 is 0. The summed E-state index contributed by atoms with van der Waals surface area (Å²) in [4.78, 5) is 41.4. The predicted molar refractivity (Wildman–Crippen MR) is 100 cm³/mol. The summed E-state index contributed by atoms with van der Waals surface area (Å²) in [6.07, 6.45) is 5.11. The van der Waals surface area contributed by atoms with Gasteiger partial charge in [0, 0.05) is 32.3 Å². The number of cyclic esters (lactones) is 1. The van der Waals surface area contributed by atoms with Gasteiger partial charge >= 0.3 is 5.97 Å². The van der Waals surface area contributed by atoms with E-state index in [1.807, 2.05) is 19.0 Å². The number of hydrogen-bond acceptors (Lipinski definition) is 7. The third kappa shape index (κ3) is 4.78. The van der Waals surface area contributed by atoms with Crippen LogP contribution in [0.25, 0.3) is 0 Å². The number of hydrogen-bond donors (Lipinski definition) is 1. The fourth-order valence-electron chi connectivity index (χ4n) is 3.78. The number of ether oxygens (including phenoxy) is 2. The summed E-state index contributed by atoms with van der Waals surface area (Å²) in [7, 11) is 5.48. The molecule has 1 spiro atoms. The molecule has 0 aliphatic carbocycles. The maximum Gasteiger partial charge on any atom is 0.312 e. The second-order valence-corrected chi connectivity index (χ2v) is 7.25. The Morgan fingerprint density at radius 1 is 1.46 bits per heavy atom. The van der Waals surface area contributed by atoms with Gasteiger partial charge in [0.2, 0.25) is 0 Å². The maximum atomic E-state index is 12.8. The Hall–Kier alpha value is -2.68. The predicted octanol–water partition coefficient (Wildman–Crippen LogP) is 0.891. The number of likely N-dealkylation sites (tertiary alicyclic amines) is 1. The van der Waals surface area contributed by atoms with E-state index in [1.54, 1.807) is 23.4 Å². The number of pyridine rings is 1. The molecule has 3 heterocycles. The van der Waals surface area contributed by atoms with E-state index < -0.39 is 5.41 Å². The normalized spacial score (nSPS) is 20.4. The minimum Gasteiger partial charge on any atom is -0.494 e. The van der Waals surface area contributed by atoms with Crippen molar-refractivity contribution < 1.29 is 29.0 Å². The van der Waals surface area contributed by atoms with Crippen LogP contribution < -0.4 is 4.74 Å². The molecule has 1 unspecified atom stereocenters. The molecule has 2 aliphatic rings. The Labute approximate surface area is 164 Å². The number of esters is 1. The largest absolute Gasteiger partial charge is 0.494 e. The van der Waals surface area contributed by atoms with Crippen LogP contribution in [0.15, 0.2) is 18.5 Å². The molecular weight excluding hydrogens is 366 g/mol. The van der Waals surface area contributed by atoms with Crippen LogP contribution in [-0.2, 0) is 14.3 Å². The number of amides is 1. The monoisotopic (exact) mass is 393 g/mol. The van der Waals surface area contributed by atoms with Gasteiger partial charge in [0.25, 0.3) is 12.4 Å². The van der Waals surface area contributed by atoms with Gasteiger partial charge in [-0.2, -0.15) is 0 Å². The third-order valence-electron chi connectivity index (χ3n) is 5.14. The SMILES string of the molecule is COc1cnccc1C(=O)N1CCC2(CC1)CC(CN(C)C)OC2=O.O=CO. The molecule has 1 atom stereocenters. The third-order valence-corrected chi connectivity index (χ3v) is 5.14. The lowest BCUT2D eigenvalue weighted by Crippen LogP contribution is -2.45. The highest BCUT2D eigenvalue weighted by atomic mass is 16.6. The van der Waals surface area contributed by atoms with E-state index in [9.17, 15) is 9.59 Å². The number of carbonyl (C=O) groups excluding carboxylic acids is 2. The summed E-state index contributed by atoms with van der Waals surface area (Å²) in [6.45, 7) is 1.59. The van der Waals surface area contributed by atoms with E-state index >= 15 is 0 Å². The molecule has 3 rings (SSSR count). The van der Waals surface area contributed by atoms with Gasteiger partial charge in [0.1, 0.15) is 11.9 Å². The highest BCUT2D eigenvalue weighted by molar-refractivity contribution is 5.97. The van der Waals surface area contributed by atoms with Crippen LogP contribution in [0.5, 0.6) is 5.75 Å². The zero-order valence-corrected chi connectivity index (χ0v) is 16.5. The van der Waals surface area contributed by atoms with Crippen molar-refractivity contribution in [1.29, 1.82) is 0 Å². The number of likely N-dealkylation sites (N-methyl/N-ethyl adjacent to an activating group) is 1. The summed E-state index contributed by atoms with van der Waals surface area (Å²) in [5, 5.41) is 6.89. The first-order valence-electron chi connectivity index (χ1n) is 9.08. The van der Waals surface area contributed by atoms with Crippen molar-refractivity contribution in [3.8, 4) is 5.75 Å². The Morgan fingerprint density at radius 2 is 2.11 bits per heavy atom. The minimum atomic E-state index is -0.431. The molecule has 0 bridgehead atoms. The van der Waals surface area contributed by atoms with Crippen molar-refractivity contribution in [3.63, 3.8) is 0 Å². The minimum absolute atomic E-state index is 0.0509. The summed E-state index contributed by atoms with van der Waals surface area (Å²) < 4.78 is 10.8. The van der Waals surface area contributed by atoms with Crippen LogP contribution in [-0.4, -0.2) is 85.2 Å². The van der Waals surface area contributed by atoms with Gasteiger partial charge in [-0.15, -0.1) is 0 Å². The number of carbonyl (C=O) groups is 3. The Bertz CT molecular complexity index is 701. The summed E-state index contributed by atoms with van der Waals surface area (Å²) in [5.74, 6) is 0.289. The fraction of sp³-hybridized carbons (Fsp3) is 0.579. The molecule has 9 nitrogen and oxygen atoms in total. The van der Waals surface area contributed by atoms with Gasteiger partial charge in [-0.1, -0.05) is 0 Å². The first-order valence-corrected chi connectivity index (χ1v) is 9.08. The van der Waals surface area contributed by atoms with Crippen molar-refractivity contribution in [2.75, 3.05) is 40.8 Å². The smallest absolute Gasteiger partial charge is 0.312 e. The van der Waals surface area contributed by atoms with E-state index in [0.717, 1.165) is 13.0 Å². The van der Waals surface area contributed by atoms with Gasteiger partial charge in [0.15, 0.2) is 0 Å². The lowest BCUT2D eigenvalue weighted by Gasteiger charge is -2.36. The number of nitrogens with zero attached hydrogens (tertiary/aromatic N) is 3. The number of rotatable bonds is 4. The maximum absolute atomic E-state index is 12.8. The average molecular weight is 393 g/mol. The Balaban J connectivity index is 0.000000878. The topological polar surface area (TPSA) is 109 Å². The average Bonchev–Trinajstić information content (AvgIpc) is 2.96. The van der Waals surface area contributed by atoms with E-state index in [2.05, 4.69) is 4.98 Å². The first kappa shape index (κ1) is 21.6. The first-order chi connectivity index (χ1) is 13.4. The number of aromatic nitrogens is 1. The van der Waals surface area contributed by atoms with Crippen molar-refractivity contribution in [2.45, 2.75) is 25.4 Å². The zero-order valence-electron chi connectivity index (χ0n) is 16.5. The lowest BCUT2D eigenvalue weighted by molar-refractivity contribution is -0.150. The molecule has 0 radical (unpaired) electrons. The summed E-state index contributed by atoms with van der Waals surface area (Å²) in [5.41, 5.74) is 0.0766. The lowest BCUT2D eigenvalue weighted by atomic mass is 9.76. The number of piperidine rings is 1. The van der Waals surface area contributed by atoms with E-state index in [4.69, 9.17) is 19.4 Å². The number of carboxylic acid groups (broad SMARTS) is 1. The van der Waals surface area contributed by atoms with Crippen LogP contribution in [0.3, 0.4) is 0 Å². The van der Waals surface area contributed by atoms with E-state index in [0.29, 0.717) is 37.2 Å². The van der Waals surface area contributed by atoms with Gasteiger partial charge in [-0.3, -0.25) is 19.4 Å². The van der Waals surface area contributed by atoms with Gasteiger partial charge in [0.05, 0.1) is 24.3 Å². The molecule has 1 aromatic rings. The molecule has 154 valence electrons. The second-order valence-electron chi connectivity index (χ2n) is 7.25. The van der Waals surface area contributed by atoms with E-state index in [-0.39, 0.29) is 24.5 Å². The zero-order chi connectivity index (χ0) is 20.7.